The summed E-state index contributed by atoms with van der Waals surface area (Å²) in [5.74, 6) is 1.72. The SMILES string of the molecule is CC(C)c1cc(CN(C)C(=O)N[C@@H](C)c2nc(-c3ccccn3)no2)no1. The van der Waals surface area contributed by atoms with Gasteiger partial charge in [0.15, 0.2) is 0 Å². The molecule has 2 amide bonds. The summed E-state index contributed by atoms with van der Waals surface area (Å²) in [5.41, 5.74) is 1.30. The molecule has 1 N–H and O–H groups in total. The maximum Gasteiger partial charge on any atom is 0.318 e. The Morgan fingerprint density at radius 1 is 1.22 bits per heavy atom. The van der Waals surface area contributed by atoms with Gasteiger partial charge in [-0.3, -0.25) is 4.98 Å². The Kier molecular flexibility index (Phi) is 5.49. The smallest absolute Gasteiger partial charge is 0.318 e. The molecule has 0 bridgehead atoms. The van der Waals surface area contributed by atoms with E-state index in [-0.39, 0.29) is 11.9 Å². The van der Waals surface area contributed by atoms with Gasteiger partial charge in [0.05, 0.1) is 6.54 Å². The fourth-order valence-corrected chi connectivity index (χ4v) is 2.36. The lowest BCUT2D eigenvalue weighted by molar-refractivity contribution is 0.199. The normalized spacial score (nSPS) is 12.2. The standard InChI is InChI=1S/C18H22N6O3/c1-11(2)15-9-13(22-26-15)10-24(4)18(25)20-12(3)17-21-16(23-27-17)14-7-5-6-8-19-14/h5-9,11-12H,10H2,1-4H3,(H,20,25)/t12-/m0/s1. The van der Waals surface area contributed by atoms with E-state index in [1.54, 1.807) is 26.2 Å². The van der Waals surface area contributed by atoms with Crippen molar-refractivity contribution >= 4 is 6.03 Å². The van der Waals surface area contributed by atoms with Crippen LogP contribution in [0.15, 0.2) is 39.5 Å². The molecule has 0 unspecified atom stereocenters. The second kappa shape index (κ2) is 7.98. The zero-order valence-corrected chi connectivity index (χ0v) is 15.7. The molecule has 0 aliphatic carbocycles. The lowest BCUT2D eigenvalue weighted by atomic mass is 10.1. The van der Waals surface area contributed by atoms with E-state index in [0.29, 0.717) is 29.6 Å². The average molecular weight is 370 g/mol. The molecule has 3 aromatic heterocycles. The van der Waals surface area contributed by atoms with Crippen LogP contribution in [0.25, 0.3) is 11.5 Å². The molecular weight excluding hydrogens is 348 g/mol. The number of amides is 2. The van der Waals surface area contributed by atoms with Crippen LogP contribution < -0.4 is 5.32 Å². The van der Waals surface area contributed by atoms with Crippen molar-refractivity contribution in [1.82, 2.24) is 30.5 Å². The zero-order chi connectivity index (χ0) is 19.4. The third kappa shape index (κ3) is 4.49. The topological polar surface area (TPSA) is 110 Å². The highest BCUT2D eigenvalue weighted by atomic mass is 16.5. The first-order valence-electron chi connectivity index (χ1n) is 8.66. The van der Waals surface area contributed by atoms with Crippen molar-refractivity contribution in [1.29, 1.82) is 0 Å². The molecule has 0 spiro atoms. The Morgan fingerprint density at radius 3 is 2.70 bits per heavy atom. The van der Waals surface area contributed by atoms with Crippen LogP contribution in [-0.2, 0) is 6.54 Å². The second-order valence-corrected chi connectivity index (χ2v) is 6.57. The Labute approximate surface area is 156 Å². The number of nitrogens with one attached hydrogen (secondary N) is 1. The van der Waals surface area contributed by atoms with E-state index in [4.69, 9.17) is 9.05 Å². The maximum absolute atomic E-state index is 12.4. The molecule has 3 rings (SSSR count). The molecule has 0 aliphatic rings. The van der Waals surface area contributed by atoms with E-state index in [0.717, 1.165) is 5.76 Å². The predicted molar refractivity (Wildman–Crippen MR) is 96.5 cm³/mol. The van der Waals surface area contributed by atoms with Crippen molar-refractivity contribution < 1.29 is 13.8 Å². The van der Waals surface area contributed by atoms with Crippen LogP contribution in [0.2, 0.25) is 0 Å². The van der Waals surface area contributed by atoms with Crippen molar-refractivity contribution in [3.05, 3.63) is 47.8 Å². The van der Waals surface area contributed by atoms with Gasteiger partial charge in [-0.15, -0.1) is 0 Å². The molecule has 0 saturated heterocycles. The quantitative estimate of drug-likeness (QED) is 0.709. The van der Waals surface area contributed by atoms with E-state index in [1.807, 2.05) is 32.0 Å². The van der Waals surface area contributed by atoms with Gasteiger partial charge in [0, 0.05) is 25.2 Å². The van der Waals surface area contributed by atoms with Crippen molar-refractivity contribution in [2.75, 3.05) is 7.05 Å². The molecule has 0 aliphatic heterocycles. The van der Waals surface area contributed by atoms with Gasteiger partial charge in [0.1, 0.15) is 23.2 Å². The van der Waals surface area contributed by atoms with Crippen LogP contribution in [0.1, 0.15) is 50.1 Å². The fraction of sp³-hybridized carbons (Fsp3) is 0.389. The van der Waals surface area contributed by atoms with E-state index in [1.165, 1.54) is 4.90 Å². The number of hydrogen-bond acceptors (Lipinski definition) is 7. The largest absolute Gasteiger partial charge is 0.361 e. The molecule has 142 valence electrons. The van der Waals surface area contributed by atoms with E-state index in [9.17, 15) is 4.79 Å². The van der Waals surface area contributed by atoms with Gasteiger partial charge < -0.3 is 19.3 Å². The van der Waals surface area contributed by atoms with Crippen LogP contribution in [0.3, 0.4) is 0 Å². The number of carbonyl (C=O) groups excluding carboxylic acids is 1. The van der Waals surface area contributed by atoms with Gasteiger partial charge in [-0.25, -0.2) is 4.79 Å². The summed E-state index contributed by atoms with van der Waals surface area (Å²) in [6, 6.07) is 6.56. The summed E-state index contributed by atoms with van der Waals surface area (Å²) in [7, 11) is 1.68. The minimum Gasteiger partial charge on any atom is -0.361 e. The Hall–Kier alpha value is -3.23. The van der Waals surface area contributed by atoms with Gasteiger partial charge in [-0.1, -0.05) is 30.2 Å². The number of pyridine rings is 1. The number of urea groups is 1. The van der Waals surface area contributed by atoms with Crippen molar-refractivity contribution in [3.63, 3.8) is 0 Å². The summed E-state index contributed by atoms with van der Waals surface area (Å²) >= 11 is 0. The number of hydrogen-bond donors (Lipinski definition) is 1. The summed E-state index contributed by atoms with van der Waals surface area (Å²) < 4.78 is 10.5. The molecule has 9 nitrogen and oxygen atoms in total. The highest BCUT2D eigenvalue weighted by Gasteiger charge is 2.20. The molecule has 0 radical (unpaired) electrons. The zero-order valence-electron chi connectivity index (χ0n) is 15.7. The molecule has 0 saturated carbocycles. The van der Waals surface area contributed by atoms with Crippen LogP contribution in [0.5, 0.6) is 0 Å². The molecule has 0 fully saturated rings. The molecular formula is C18H22N6O3. The maximum atomic E-state index is 12.4. The highest BCUT2D eigenvalue weighted by Crippen LogP contribution is 2.18. The summed E-state index contributed by atoms with van der Waals surface area (Å²) in [4.78, 5) is 22.4. The molecule has 27 heavy (non-hydrogen) atoms. The first-order valence-corrected chi connectivity index (χ1v) is 8.66. The van der Waals surface area contributed by atoms with Gasteiger partial charge in [-0.2, -0.15) is 4.98 Å². The van der Waals surface area contributed by atoms with Crippen LogP contribution in [0.4, 0.5) is 4.79 Å². The van der Waals surface area contributed by atoms with Crippen molar-refractivity contribution in [3.8, 4) is 11.5 Å². The summed E-state index contributed by atoms with van der Waals surface area (Å²) in [6.07, 6.45) is 1.65. The Bertz CT molecular complexity index is 889. The lowest BCUT2D eigenvalue weighted by Crippen LogP contribution is -2.38. The van der Waals surface area contributed by atoms with Gasteiger partial charge >= 0.3 is 6.03 Å². The van der Waals surface area contributed by atoms with Crippen molar-refractivity contribution in [2.24, 2.45) is 0 Å². The van der Waals surface area contributed by atoms with Crippen LogP contribution >= 0.6 is 0 Å². The monoisotopic (exact) mass is 370 g/mol. The molecule has 1 atom stereocenters. The summed E-state index contributed by atoms with van der Waals surface area (Å²) in [5, 5.41) is 10.7. The van der Waals surface area contributed by atoms with Crippen LogP contribution in [0, 0.1) is 0 Å². The number of aromatic nitrogens is 4. The van der Waals surface area contributed by atoms with E-state index in [2.05, 4.69) is 25.6 Å². The predicted octanol–water partition coefficient (Wildman–Crippen LogP) is 3.15. The number of rotatable bonds is 6. The number of nitrogens with zero attached hydrogens (tertiary/aromatic N) is 5. The first kappa shape index (κ1) is 18.6. The minimum atomic E-state index is -0.451. The highest BCUT2D eigenvalue weighted by molar-refractivity contribution is 5.74. The second-order valence-electron chi connectivity index (χ2n) is 6.57. The lowest BCUT2D eigenvalue weighted by Gasteiger charge is -2.18. The van der Waals surface area contributed by atoms with E-state index < -0.39 is 6.04 Å². The molecule has 3 aromatic rings. The van der Waals surface area contributed by atoms with Gasteiger partial charge in [-0.05, 0) is 19.1 Å². The van der Waals surface area contributed by atoms with Crippen LogP contribution in [-0.4, -0.2) is 38.3 Å². The fourth-order valence-electron chi connectivity index (χ4n) is 2.36. The Balaban J connectivity index is 1.59. The number of carbonyl (C=O) groups is 1. The third-order valence-electron chi connectivity index (χ3n) is 3.94. The van der Waals surface area contributed by atoms with Crippen molar-refractivity contribution in [2.45, 2.75) is 39.3 Å². The van der Waals surface area contributed by atoms with Gasteiger partial charge in [0.2, 0.25) is 11.7 Å². The third-order valence-corrected chi connectivity index (χ3v) is 3.94. The molecule has 3 heterocycles. The Morgan fingerprint density at radius 2 is 2.04 bits per heavy atom. The first-order chi connectivity index (χ1) is 12.9. The minimum absolute atomic E-state index is 0.247. The van der Waals surface area contributed by atoms with E-state index >= 15 is 0 Å². The molecule has 0 aromatic carbocycles. The summed E-state index contributed by atoms with van der Waals surface area (Å²) in [6.45, 7) is 6.14. The molecule has 9 heteroatoms. The van der Waals surface area contributed by atoms with Gasteiger partial charge in [0.25, 0.3) is 0 Å². The average Bonchev–Trinajstić information content (AvgIpc) is 3.32.